The minimum Gasteiger partial charge on any atom is -0.508 e. The maximum Gasteiger partial charge on any atom is 0.255 e. The second-order valence-electron chi connectivity index (χ2n) is 13.5. The monoisotopic (exact) mass is 684 g/mol. The van der Waals surface area contributed by atoms with E-state index in [1.165, 1.54) is 11.1 Å². The zero-order valence-corrected chi connectivity index (χ0v) is 28.9. The van der Waals surface area contributed by atoms with E-state index in [0.717, 1.165) is 72.6 Å². The number of nitrogens with zero attached hydrogens (tertiary/aromatic N) is 2. The van der Waals surface area contributed by atoms with E-state index in [-0.39, 0.29) is 29.9 Å². The third-order valence-electron chi connectivity index (χ3n) is 10.2. The van der Waals surface area contributed by atoms with E-state index in [9.17, 15) is 19.5 Å². The number of carbonyl (C=O) groups excluding carboxylic acids is 3. The Morgan fingerprint density at radius 2 is 1.57 bits per heavy atom. The molecule has 3 N–H and O–H groups in total. The van der Waals surface area contributed by atoms with E-state index < -0.39 is 6.04 Å². The molecule has 2 saturated heterocycles. The number of carbonyl (C=O) groups is 3. The Morgan fingerprint density at radius 3 is 2.25 bits per heavy atom. The summed E-state index contributed by atoms with van der Waals surface area (Å²) in [7, 11) is 0. The van der Waals surface area contributed by atoms with Gasteiger partial charge in [0.2, 0.25) is 11.8 Å². The fourth-order valence-corrected chi connectivity index (χ4v) is 7.52. The molecule has 51 heavy (non-hydrogen) atoms. The predicted octanol–water partition coefficient (Wildman–Crippen LogP) is 6.48. The topological polar surface area (TPSA) is 111 Å². The third-order valence-corrected chi connectivity index (χ3v) is 10.2. The first-order chi connectivity index (χ1) is 24.9. The first-order valence-corrected chi connectivity index (χ1v) is 17.9. The zero-order valence-electron chi connectivity index (χ0n) is 28.9. The van der Waals surface area contributed by atoms with Gasteiger partial charge in [-0.2, -0.15) is 0 Å². The van der Waals surface area contributed by atoms with Crippen LogP contribution in [-0.4, -0.2) is 71.0 Å². The number of hydrogen-bond acceptors (Lipinski definition) is 7. The van der Waals surface area contributed by atoms with E-state index >= 15 is 0 Å². The molecule has 9 nitrogen and oxygen atoms in total. The molecule has 0 aromatic heterocycles. The van der Waals surface area contributed by atoms with Gasteiger partial charge in [0, 0.05) is 49.9 Å². The Kier molecular flexibility index (Phi) is 10.2. The summed E-state index contributed by atoms with van der Waals surface area (Å²) < 4.78 is 6.19. The van der Waals surface area contributed by atoms with Gasteiger partial charge in [-0.05, 0) is 102 Å². The number of anilines is 1. The number of ether oxygens (including phenoxy) is 1. The maximum atomic E-state index is 13.0. The predicted molar refractivity (Wildman–Crippen MR) is 198 cm³/mol. The molecule has 2 fully saturated rings. The van der Waals surface area contributed by atoms with E-state index in [1.54, 1.807) is 17.0 Å². The van der Waals surface area contributed by atoms with Gasteiger partial charge in [0.25, 0.3) is 5.91 Å². The van der Waals surface area contributed by atoms with E-state index in [1.807, 2.05) is 48.5 Å². The molecule has 1 unspecified atom stereocenters. The third kappa shape index (κ3) is 7.68. The molecule has 4 aromatic rings. The molecule has 3 heterocycles. The number of likely N-dealkylation sites (tertiary alicyclic amines) is 1. The summed E-state index contributed by atoms with van der Waals surface area (Å²) in [5.74, 6) is 0.264. The Labute approximate surface area is 298 Å². The van der Waals surface area contributed by atoms with Gasteiger partial charge >= 0.3 is 0 Å². The normalized spacial score (nSPS) is 18.6. The Bertz CT molecular complexity index is 1920. The van der Waals surface area contributed by atoms with Crippen LogP contribution in [0.1, 0.15) is 71.6 Å². The van der Waals surface area contributed by atoms with E-state index in [2.05, 4.69) is 58.9 Å². The minimum absolute atomic E-state index is 0.151. The van der Waals surface area contributed by atoms with Crippen molar-refractivity contribution in [2.24, 2.45) is 0 Å². The van der Waals surface area contributed by atoms with Crippen LogP contribution in [0.3, 0.4) is 0 Å². The molecule has 0 aliphatic carbocycles. The van der Waals surface area contributed by atoms with Gasteiger partial charge in [0.05, 0.1) is 0 Å². The van der Waals surface area contributed by atoms with Crippen LogP contribution >= 0.6 is 0 Å². The van der Waals surface area contributed by atoms with Gasteiger partial charge in [0.1, 0.15) is 24.1 Å². The van der Waals surface area contributed by atoms with Crippen LogP contribution in [0, 0.1) is 0 Å². The van der Waals surface area contributed by atoms with Crippen LogP contribution in [0.2, 0.25) is 0 Å². The highest BCUT2D eigenvalue weighted by Crippen LogP contribution is 2.36. The number of benzene rings is 4. The van der Waals surface area contributed by atoms with Crippen molar-refractivity contribution in [2.45, 2.75) is 57.7 Å². The van der Waals surface area contributed by atoms with Crippen molar-refractivity contribution < 1.29 is 24.2 Å². The Balaban J connectivity index is 0.909. The molecule has 262 valence electrons. The fourth-order valence-electron chi connectivity index (χ4n) is 7.52. The van der Waals surface area contributed by atoms with Crippen molar-refractivity contribution in [3.63, 3.8) is 0 Å². The van der Waals surface area contributed by atoms with Crippen molar-refractivity contribution in [3.8, 4) is 11.5 Å². The van der Waals surface area contributed by atoms with Crippen molar-refractivity contribution in [1.82, 2.24) is 15.1 Å². The number of amides is 3. The molecule has 0 spiro atoms. The number of phenolic OH excluding ortho intramolecular Hbond substituents is 1. The lowest BCUT2D eigenvalue weighted by atomic mass is 9.88. The Hall–Kier alpha value is -5.41. The minimum atomic E-state index is -0.604. The lowest BCUT2D eigenvalue weighted by Gasteiger charge is -2.32. The van der Waals surface area contributed by atoms with Gasteiger partial charge in [-0.25, -0.2) is 0 Å². The molecule has 3 amide bonds. The summed E-state index contributed by atoms with van der Waals surface area (Å²) in [4.78, 5) is 41.0. The van der Waals surface area contributed by atoms with Crippen LogP contribution in [0.4, 0.5) is 5.69 Å². The molecular weight excluding hydrogens is 640 g/mol. The molecule has 0 radical (unpaired) electrons. The first kappa shape index (κ1) is 34.1. The van der Waals surface area contributed by atoms with Crippen molar-refractivity contribution in [3.05, 3.63) is 125 Å². The smallest absolute Gasteiger partial charge is 0.255 e. The summed E-state index contributed by atoms with van der Waals surface area (Å²) >= 11 is 0. The lowest BCUT2D eigenvalue weighted by Crippen LogP contribution is -2.52. The van der Waals surface area contributed by atoms with E-state index in [4.69, 9.17) is 4.74 Å². The number of aromatic hydroxyl groups is 1. The maximum absolute atomic E-state index is 13.0. The van der Waals surface area contributed by atoms with Gasteiger partial charge < -0.3 is 20.1 Å². The number of allylic oxidation sites excluding steroid dienone is 1. The molecule has 0 bridgehead atoms. The molecule has 3 aliphatic heterocycles. The highest BCUT2D eigenvalue weighted by molar-refractivity contribution is 6.05. The Morgan fingerprint density at radius 1 is 0.863 bits per heavy atom. The highest BCUT2D eigenvalue weighted by Gasteiger charge is 2.39. The molecule has 3 aliphatic rings. The molecule has 9 heteroatoms. The summed E-state index contributed by atoms with van der Waals surface area (Å²) in [6.45, 7) is 5.93. The van der Waals surface area contributed by atoms with Gasteiger partial charge in [-0.3, -0.25) is 24.6 Å². The average molecular weight is 685 g/mol. The number of rotatable bonds is 11. The molecule has 7 rings (SSSR count). The van der Waals surface area contributed by atoms with Crippen LogP contribution in [0.5, 0.6) is 11.5 Å². The van der Waals surface area contributed by atoms with Crippen LogP contribution < -0.4 is 15.4 Å². The van der Waals surface area contributed by atoms with Crippen LogP contribution in [0.15, 0.2) is 97.1 Å². The van der Waals surface area contributed by atoms with Crippen molar-refractivity contribution in [2.75, 3.05) is 31.6 Å². The van der Waals surface area contributed by atoms with Crippen molar-refractivity contribution >= 4 is 34.6 Å². The summed E-state index contributed by atoms with van der Waals surface area (Å²) in [6, 6.07) is 31.7. The zero-order chi connectivity index (χ0) is 35.3. The summed E-state index contributed by atoms with van der Waals surface area (Å²) in [6.07, 6.45) is 3.48. The quantitative estimate of drug-likeness (QED) is 0.123. The summed E-state index contributed by atoms with van der Waals surface area (Å²) in [5, 5.41) is 16.0. The number of imide groups is 1. The number of phenols is 1. The van der Waals surface area contributed by atoms with E-state index in [0.29, 0.717) is 31.2 Å². The van der Waals surface area contributed by atoms with Crippen LogP contribution in [0.25, 0.3) is 11.1 Å². The average Bonchev–Trinajstić information content (AvgIpc) is 3.47. The highest BCUT2D eigenvalue weighted by atomic mass is 16.5. The van der Waals surface area contributed by atoms with Gasteiger partial charge in [-0.15, -0.1) is 0 Å². The number of piperidine rings is 2. The largest absolute Gasteiger partial charge is 0.508 e. The van der Waals surface area contributed by atoms with Crippen molar-refractivity contribution in [1.29, 1.82) is 0 Å². The number of hydrogen-bond donors (Lipinski definition) is 3. The fraction of sp³-hybridized carbons (Fsp3) is 0.310. The first-order valence-electron chi connectivity index (χ1n) is 17.9. The standard InChI is InChI=1S/C42H44N4O5/c1-2-36(28-6-4-3-5-7-28)40(29-8-13-34(47)14-9-29)30-10-15-35(16-11-30)51-25-24-45-22-20-32(21-23-45)43-33-12-17-37-31(26-33)27-46(42(37)50)38-18-19-39(48)44-41(38)49/h3-17,26,32,38,43,47H,2,18-25,27H2,1H3,(H,44,48,49). The SMILES string of the molecule is CCC(=C(c1ccc(O)cc1)c1ccc(OCCN2CCC(Nc3ccc4c(c3)CN(C3CCC(=O)NC3=O)C4=O)CC2)cc1)c1ccccc1. The number of fused-ring (bicyclic) bond motifs is 1. The summed E-state index contributed by atoms with van der Waals surface area (Å²) in [5.41, 5.74) is 8.26. The second kappa shape index (κ2) is 15.2. The van der Waals surface area contributed by atoms with Crippen LogP contribution in [-0.2, 0) is 16.1 Å². The molecular formula is C42H44N4O5. The molecule has 1 atom stereocenters. The molecule has 4 aromatic carbocycles. The lowest BCUT2D eigenvalue weighted by molar-refractivity contribution is -0.136. The van der Waals surface area contributed by atoms with Gasteiger partial charge in [0.15, 0.2) is 0 Å². The molecule has 0 saturated carbocycles. The second-order valence-corrected chi connectivity index (χ2v) is 13.5. The van der Waals surface area contributed by atoms with Gasteiger partial charge in [-0.1, -0.05) is 61.5 Å². The number of nitrogens with one attached hydrogen (secondary N) is 2.